The Morgan fingerprint density at radius 3 is 2.42 bits per heavy atom. The minimum Gasteiger partial charge on any atom is -0.457 e. The molecule has 1 aliphatic rings. The van der Waals surface area contributed by atoms with Gasteiger partial charge in [0, 0.05) is 18.1 Å². The van der Waals surface area contributed by atoms with Gasteiger partial charge in [-0.15, -0.1) is 0 Å². The number of para-hydroxylation sites is 1. The summed E-state index contributed by atoms with van der Waals surface area (Å²) >= 11 is 1.47. The van der Waals surface area contributed by atoms with Crippen LogP contribution in [0.15, 0.2) is 59.5 Å². The van der Waals surface area contributed by atoms with Gasteiger partial charge >= 0.3 is 0 Å². The van der Waals surface area contributed by atoms with E-state index < -0.39 is 22.0 Å². The lowest BCUT2D eigenvalue weighted by atomic mass is 10.3. The quantitative estimate of drug-likeness (QED) is 0.596. The predicted molar refractivity (Wildman–Crippen MR) is 97.9 cm³/mol. The van der Waals surface area contributed by atoms with Crippen molar-refractivity contribution in [1.82, 2.24) is 9.79 Å². The lowest BCUT2D eigenvalue weighted by molar-refractivity contribution is -0.132. The highest BCUT2D eigenvalue weighted by molar-refractivity contribution is 7.99. The number of benzene rings is 2. The first-order valence-corrected chi connectivity index (χ1v) is 10.5. The van der Waals surface area contributed by atoms with Crippen LogP contribution in [0, 0.1) is 0 Å². The Labute approximate surface area is 156 Å². The number of ether oxygens (including phenoxy) is 1. The summed E-state index contributed by atoms with van der Waals surface area (Å²) in [5.74, 6) is 1.31. The van der Waals surface area contributed by atoms with Gasteiger partial charge in [-0.25, -0.2) is 13.9 Å². The minimum atomic E-state index is -3.86. The topological polar surface area (TPSA) is 95.9 Å². The third kappa shape index (κ3) is 4.01. The SMILES string of the molecule is O=C(NO)[C@@H]1CSCCN1S(=O)(=O)c1ccc(Oc2ccccc2)cc1. The van der Waals surface area contributed by atoms with Gasteiger partial charge < -0.3 is 4.74 Å². The molecule has 1 aliphatic heterocycles. The van der Waals surface area contributed by atoms with Crippen LogP contribution < -0.4 is 10.2 Å². The Bertz CT molecular complexity index is 856. The third-order valence-corrected chi connectivity index (χ3v) is 6.85. The number of amides is 1. The van der Waals surface area contributed by atoms with Crippen molar-refractivity contribution in [2.24, 2.45) is 0 Å². The van der Waals surface area contributed by atoms with Crippen LogP contribution in [-0.4, -0.2) is 47.9 Å². The largest absolute Gasteiger partial charge is 0.457 e. The van der Waals surface area contributed by atoms with Crippen LogP contribution in [0.3, 0.4) is 0 Å². The molecule has 0 spiro atoms. The summed E-state index contributed by atoms with van der Waals surface area (Å²) in [7, 11) is -3.86. The van der Waals surface area contributed by atoms with Crippen LogP contribution in [0.25, 0.3) is 0 Å². The molecule has 7 nitrogen and oxygen atoms in total. The molecule has 1 atom stereocenters. The van der Waals surface area contributed by atoms with Gasteiger partial charge in [-0.1, -0.05) is 18.2 Å². The smallest absolute Gasteiger partial charge is 0.262 e. The Kier molecular flexibility index (Phi) is 5.82. The van der Waals surface area contributed by atoms with E-state index >= 15 is 0 Å². The average Bonchev–Trinajstić information content (AvgIpc) is 2.68. The summed E-state index contributed by atoms with van der Waals surface area (Å²) in [6.45, 7) is 0.202. The van der Waals surface area contributed by atoms with Crippen molar-refractivity contribution in [2.45, 2.75) is 10.9 Å². The first-order valence-electron chi connectivity index (χ1n) is 7.89. The Balaban J connectivity index is 1.81. The Morgan fingerprint density at radius 1 is 1.12 bits per heavy atom. The van der Waals surface area contributed by atoms with Gasteiger partial charge in [-0.05, 0) is 36.4 Å². The van der Waals surface area contributed by atoms with Crippen molar-refractivity contribution in [3.63, 3.8) is 0 Å². The van der Waals surface area contributed by atoms with Crippen LogP contribution in [0.4, 0.5) is 0 Å². The number of thioether (sulfide) groups is 1. The van der Waals surface area contributed by atoms with Crippen molar-refractivity contribution in [2.75, 3.05) is 18.1 Å². The standard InChI is InChI=1S/C17H18N2O5S2/c20-17(18-21)16-12-25-11-10-19(16)26(22,23)15-8-6-14(7-9-15)24-13-4-2-1-3-5-13/h1-9,16,21H,10-12H2,(H,18,20)/t16-/m0/s1. The molecule has 2 N–H and O–H groups in total. The summed E-state index contributed by atoms with van der Waals surface area (Å²) in [4.78, 5) is 11.9. The van der Waals surface area contributed by atoms with E-state index in [-0.39, 0.29) is 11.4 Å². The number of rotatable bonds is 5. The summed E-state index contributed by atoms with van der Waals surface area (Å²) < 4.78 is 32.6. The molecule has 26 heavy (non-hydrogen) atoms. The first-order chi connectivity index (χ1) is 12.5. The maximum atomic E-state index is 12.9. The molecule has 0 aromatic heterocycles. The van der Waals surface area contributed by atoms with Crippen molar-refractivity contribution in [1.29, 1.82) is 0 Å². The van der Waals surface area contributed by atoms with Crippen molar-refractivity contribution in [3.05, 3.63) is 54.6 Å². The molecular formula is C17H18N2O5S2. The fraction of sp³-hybridized carbons (Fsp3) is 0.235. The second-order valence-corrected chi connectivity index (χ2v) is 8.61. The first kappa shape index (κ1) is 18.7. The maximum Gasteiger partial charge on any atom is 0.262 e. The van der Waals surface area contributed by atoms with E-state index in [9.17, 15) is 13.2 Å². The number of carbonyl (C=O) groups is 1. The number of hydroxylamine groups is 1. The zero-order chi connectivity index (χ0) is 18.6. The fourth-order valence-electron chi connectivity index (χ4n) is 2.60. The number of sulfonamides is 1. The lowest BCUT2D eigenvalue weighted by Crippen LogP contribution is -2.53. The van der Waals surface area contributed by atoms with Crippen LogP contribution >= 0.6 is 11.8 Å². The van der Waals surface area contributed by atoms with Gasteiger partial charge in [-0.2, -0.15) is 16.1 Å². The van der Waals surface area contributed by atoms with E-state index in [4.69, 9.17) is 9.94 Å². The van der Waals surface area contributed by atoms with Gasteiger partial charge in [-0.3, -0.25) is 10.0 Å². The molecule has 3 rings (SSSR count). The third-order valence-electron chi connectivity index (χ3n) is 3.90. The highest BCUT2D eigenvalue weighted by atomic mass is 32.2. The van der Waals surface area contributed by atoms with Crippen molar-refractivity contribution >= 4 is 27.7 Å². The normalized spacial score (nSPS) is 18.3. The molecule has 1 heterocycles. The average molecular weight is 394 g/mol. The fourth-order valence-corrected chi connectivity index (χ4v) is 5.44. The van der Waals surface area contributed by atoms with Gasteiger partial charge in [0.2, 0.25) is 10.0 Å². The van der Waals surface area contributed by atoms with E-state index in [1.54, 1.807) is 29.7 Å². The second kappa shape index (κ2) is 8.09. The van der Waals surface area contributed by atoms with Gasteiger partial charge in [0.25, 0.3) is 5.91 Å². The maximum absolute atomic E-state index is 12.9. The minimum absolute atomic E-state index is 0.0700. The molecule has 0 bridgehead atoms. The van der Waals surface area contributed by atoms with Crippen molar-refractivity contribution in [3.8, 4) is 11.5 Å². The van der Waals surface area contributed by atoms with E-state index in [1.165, 1.54) is 23.9 Å². The van der Waals surface area contributed by atoms with E-state index in [2.05, 4.69) is 0 Å². The summed E-state index contributed by atoms with van der Waals surface area (Å²) in [6.07, 6.45) is 0. The Morgan fingerprint density at radius 2 is 1.77 bits per heavy atom. The second-order valence-electron chi connectivity index (χ2n) is 5.57. The number of nitrogens with one attached hydrogen (secondary N) is 1. The molecule has 2 aromatic rings. The monoisotopic (exact) mass is 394 g/mol. The summed E-state index contributed by atoms with van der Waals surface area (Å²) in [5.41, 5.74) is 1.55. The lowest BCUT2D eigenvalue weighted by Gasteiger charge is -2.32. The molecule has 0 radical (unpaired) electrons. The van der Waals surface area contributed by atoms with Crippen LogP contribution in [0.1, 0.15) is 0 Å². The van der Waals surface area contributed by atoms with Crippen LogP contribution in [0.5, 0.6) is 11.5 Å². The van der Waals surface area contributed by atoms with Gasteiger partial charge in [0.15, 0.2) is 0 Å². The molecule has 2 aromatic carbocycles. The van der Waals surface area contributed by atoms with Gasteiger partial charge in [0.1, 0.15) is 17.5 Å². The molecule has 1 saturated heterocycles. The zero-order valence-corrected chi connectivity index (χ0v) is 15.4. The van der Waals surface area contributed by atoms with E-state index in [1.807, 2.05) is 18.2 Å². The van der Waals surface area contributed by atoms with Crippen LogP contribution in [0.2, 0.25) is 0 Å². The molecule has 0 saturated carbocycles. The molecule has 0 aliphatic carbocycles. The number of hydrogen-bond donors (Lipinski definition) is 2. The molecule has 1 fully saturated rings. The van der Waals surface area contributed by atoms with E-state index in [0.29, 0.717) is 23.0 Å². The number of hydrogen-bond acceptors (Lipinski definition) is 6. The molecular weight excluding hydrogens is 376 g/mol. The molecule has 0 unspecified atom stereocenters. The molecule has 1 amide bonds. The highest BCUT2D eigenvalue weighted by Gasteiger charge is 2.37. The van der Waals surface area contributed by atoms with Crippen molar-refractivity contribution < 1.29 is 23.2 Å². The highest BCUT2D eigenvalue weighted by Crippen LogP contribution is 2.27. The van der Waals surface area contributed by atoms with E-state index in [0.717, 1.165) is 4.31 Å². The summed E-state index contributed by atoms with van der Waals surface area (Å²) in [5, 5.41) is 8.87. The zero-order valence-electron chi connectivity index (χ0n) is 13.7. The number of carbonyl (C=O) groups excluding carboxylic acids is 1. The molecule has 138 valence electrons. The molecule has 9 heteroatoms. The Hall–Kier alpha value is -2.07. The van der Waals surface area contributed by atoms with Crippen LogP contribution in [-0.2, 0) is 14.8 Å². The predicted octanol–water partition coefficient (Wildman–Crippen LogP) is 2.09. The summed E-state index contributed by atoms with van der Waals surface area (Å²) in [6, 6.07) is 14.3. The van der Waals surface area contributed by atoms with Gasteiger partial charge in [0.05, 0.1) is 4.90 Å². The number of nitrogens with zero attached hydrogens (tertiary/aromatic N) is 1.